The minimum atomic E-state index is 0.484. The zero-order valence-corrected chi connectivity index (χ0v) is 15.7. The van der Waals surface area contributed by atoms with Gasteiger partial charge < -0.3 is 5.32 Å². The molecule has 6 heteroatoms. The van der Waals surface area contributed by atoms with Gasteiger partial charge in [0.2, 0.25) is 0 Å². The summed E-state index contributed by atoms with van der Waals surface area (Å²) in [6, 6.07) is 5.50. The van der Waals surface area contributed by atoms with Gasteiger partial charge in [0.05, 0.1) is 19.3 Å². The maximum Gasteiger partial charge on any atom is 0.163 e. The molecule has 0 unspecified atom stereocenters. The van der Waals surface area contributed by atoms with Crippen molar-refractivity contribution in [3.05, 3.63) is 37.5 Å². The fourth-order valence-corrected chi connectivity index (χ4v) is 3.09. The Kier molecular flexibility index (Phi) is 5.68. The quantitative estimate of drug-likeness (QED) is 0.662. The molecular formula is C15H16Cl2IN3. The summed E-state index contributed by atoms with van der Waals surface area (Å²) in [5, 5.41) is 4.11. The Hall–Kier alpha value is -0.590. The Balaban J connectivity index is 2.61. The van der Waals surface area contributed by atoms with Crippen molar-refractivity contribution in [2.75, 3.05) is 12.4 Å². The van der Waals surface area contributed by atoms with Gasteiger partial charge in [-0.1, -0.05) is 43.1 Å². The van der Waals surface area contributed by atoms with Gasteiger partial charge in [-0.15, -0.1) is 0 Å². The third kappa shape index (κ3) is 3.79. The van der Waals surface area contributed by atoms with E-state index in [1.165, 1.54) is 0 Å². The third-order valence-electron chi connectivity index (χ3n) is 2.95. The molecule has 0 spiro atoms. The highest BCUT2D eigenvalue weighted by atomic mass is 127. The van der Waals surface area contributed by atoms with Crippen LogP contribution in [0.15, 0.2) is 18.2 Å². The highest BCUT2D eigenvalue weighted by molar-refractivity contribution is 14.1. The average Bonchev–Trinajstić information content (AvgIpc) is 2.43. The van der Waals surface area contributed by atoms with Crippen LogP contribution in [0.25, 0.3) is 11.4 Å². The van der Waals surface area contributed by atoms with Crippen LogP contribution in [-0.4, -0.2) is 17.0 Å². The van der Waals surface area contributed by atoms with Crippen LogP contribution in [0, 0.1) is 9.49 Å². The molecule has 0 saturated carbocycles. The summed E-state index contributed by atoms with van der Waals surface area (Å²) in [6.45, 7) is 4.34. The van der Waals surface area contributed by atoms with Crippen molar-refractivity contribution in [3.8, 4) is 11.4 Å². The van der Waals surface area contributed by atoms with Crippen molar-refractivity contribution >= 4 is 51.6 Å². The first-order chi connectivity index (χ1) is 9.93. The van der Waals surface area contributed by atoms with Gasteiger partial charge in [0, 0.05) is 12.6 Å². The second-order valence-corrected chi connectivity index (χ2v) is 6.97. The first-order valence-corrected chi connectivity index (χ1v) is 8.46. The molecule has 1 heterocycles. The molecule has 0 aliphatic heterocycles. The van der Waals surface area contributed by atoms with Crippen molar-refractivity contribution in [1.29, 1.82) is 0 Å². The van der Waals surface area contributed by atoms with Crippen LogP contribution in [-0.2, 0) is 6.42 Å². The van der Waals surface area contributed by atoms with Gasteiger partial charge in [0.25, 0.3) is 0 Å². The summed E-state index contributed by atoms with van der Waals surface area (Å²) in [7, 11) is 1.85. The molecule has 0 aliphatic rings. The third-order valence-corrected chi connectivity index (χ3v) is 4.90. The number of nitrogens with one attached hydrogen (secondary N) is 1. The fraction of sp³-hybridized carbons (Fsp3) is 0.333. The molecule has 0 amide bonds. The molecule has 112 valence electrons. The molecule has 0 saturated heterocycles. The maximum atomic E-state index is 6.29. The SMILES string of the molecule is CNc1nc(-c2cccc(Cl)c2Cl)nc(CC(C)C)c1I. The number of anilines is 1. The van der Waals surface area contributed by atoms with Gasteiger partial charge in [0.1, 0.15) is 5.82 Å². The molecule has 0 bridgehead atoms. The van der Waals surface area contributed by atoms with E-state index in [-0.39, 0.29) is 0 Å². The molecule has 1 aromatic carbocycles. The van der Waals surface area contributed by atoms with Gasteiger partial charge in [-0.3, -0.25) is 0 Å². The van der Waals surface area contributed by atoms with Gasteiger partial charge >= 0.3 is 0 Å². The van der Waals surface area contributed by atoms with Crippen LogP contribution >= 0.6 is 45.8 Å². The topological polar surface area (TPSA) is 37.8 Å². The van der Waals surface area contributed by atoms with Crippen molar-refractivity contribution in [3.63, 3.8) is 0 Å². The second kappa shape index (κ2) is 7.11. The van der Waals surface area contributed by atoms with E-state index in [2.05, 4.69) is 46.7 Å². The molecule has 2 aromatic rings. The zero-order valence-electron chi connectivity index (χ0n) is 12.0. The first-order valence-electron chi connectivity index (χ1n) is 6.62. The van der Waals surface area contributed by atoms with Gasteiger partial charge in [-0.25, -0.2) is 9.97 Å². The molecule has 0 atom stereocenters. The lowest BCUT2D eigenvalue weighted by Crippen LogP contribution is -2.08. The van der Waals surface area contributed by atoms with Crippen LogP contribution < -0.4 is 5.32 Å². The standard InChI is InChI=1S/C15H16Cl2IN3/c1-8(2)7-11-13(18)15(19-3)21-14(20-11)9-5-4-6-10(16)12(9)17/h4-6,8H,7H2,1-3H3,(H,19,20,21). The summed E-state index contributed by atoms with van der Waals surface area (Å²) in [6.07, 6.45) is 0.890. The number of benzene rings is 1. The van der Waals surface area contributed by atoms with Crippen LogP contribution in [0.4, 0.5) is 5.82 Å². The van der Waals surface area contributed by atoms with E-state index in [1.54, 1.807) is 6.07 Å². The van der Waals surface area contributed by atoms with Crippen LogP contribution in [0.5, 0.6) is 0 Å². The molecule has 0 radical (unpaired) electrons. The minimum absolute atomic E-state index is 0.484. The predicted octanol–water partition coefficient (Wildman–Crippen LogP) is 5.30. The maximum absolute atomic E-state index is 6.29. The van der Waals surface area contributed by atoms with E-state index in [0.29, 0.717) is 21.8 Å². The number of hydrogen-bond donors (Lipinski definition) is 1. The summed E-state index contributed by atoms with van der Waals surface area (Å²) >= 11 is 14.7. The number of rotatable bonds is 4. The highest BCUT2D eigenvalue weighted by Crippen LogP contribution is 2.33. The van der Waals surface area contributed by atoms with E-state index < -0.39 is 0 Å². The van der Waals surface area contributed by atoms with Crippen LogP contribution in [0.3, 0.4) is 0 Å². The Morgan fingerprint density at radius 2 is 1.95 bits per heavy atom. The van der Waals surface area contributed by atoms with Gasteiger partial charge in [-0.05, 0) is 47.1 Å². The molecule has 0 aliphatic carbocycles. The van der Waals surface area contributed by atoms with Gasteiger partial charge in [0.15, 0.2) is 5.82 Å². The molecule has 2 rings (SSSR count). The van der Waals surface area contributed by atoms with Gasteiger partial charge in [-0.2, -0.15) is 0 Å². The van der Waals surface area contributed by atoms with Crippen LogP contribution in [0.1, 0.15) is 19.5 Å². The van der Waals surface area contributed by atoms with E-state index in [0.717, 1.165) is 27.1 Å². The van der Waals surface area contributed by atoms with E-state index in [1.807, 2.05) is 19.2 Å². The molecule has 1 aromatic heterocycles. The minimum Gasteiger partial charge on any atom is -0.372 e. The van der Waals surface area contributed by atoms with Crippen molar-refractivity contribution in [2.45, 2.75) is 20.3 Å². The van der Waals surface area contributed by atoms with E-state index >= 15 is 0 Å². The summed E-state index contributed by atoms with van der Waals surface area (Å²) in [5.41, 5.74) is 1.78. The first kappa shape index (κ1) is 16.8. The van der Waals surface area contributed by atoms with Crippen LogP contribution in [0.2, 0.25) is 10.0 Å². The fourth-order valence-electron chi connectivity index (χ4n) is 1.98. The Morgan fingerprint density at radius 1 is 1.24 bits per heavy atom. The average molecular weight is 436 g/mol. The molecule has 0 fully saturated rings. The second-order valence-electron chi connectivity index (χ2n) is 5.11. The Morgan fingerprint density at radius 3 is 2.57 bits per heavy atom. The lowest BCUT2D eigenvalue weighted by Gasteiger charge is -2.13. The van der Waals surface area contributed by atoms with E-state index in [9.17, 15) is 0 Å². The highest BCUT2D eigenvalue weighted by Gasteiger charge is 2.16. The number of aromatic nitrogens is 2. The Bertz CT molecular complexity index is 660. The summed E-state index contributed by atoms with van der Waals surface area (Å²) in [5.74, 6) is 1.93. The molecular weight excluding hydrogens is 420 g/mol. The molecule has 3 nitrogen and oxygen atoms in total. The van der Waals surface area contributed by atoms with Crippen molar-refractivity contribution < 1.29 is 0 Å². The number of halogens is 3. The molecule has 21 heavy (non-hydrogen) atoms. The normalized spacial score (nSPS) is 11.0. The Labute approximate surface area is 148 Å². The number of hydrogen-bond acceptors (Lipinski definition) is 3. The van der Waals surface area contributed by atoms with E-state index in [4.69, 9.17) is 28.2 Å². The smallest absolute Gasteiger partial charge is 0.163 e. The lowest BCUT2D eigenvalue weighted by molar-refractivity contribution is 0.632. The lowest BCUT2D eigenvalue weighted by atomic mass is 10.1. The molecule has 1 N–H and O–H groups in total. The van der Waals surface area contributed by atoms with Crippen molar-refractivity contribution in [1.82, 2.24) is 9.97 Å². The number of nitrogens with zero attached hydrogens (tertiary/aromatic N) is 2. The largest absolute Gasteiger partial charge is 0.372 e. The predicted molar refractivity (Wildman–Crippen MR) is 98.3 cm³/mol. The van der Waals surface area contributed by atoms with Crippen molar-refractivity contribution in [2.24, 2.45) is 5.92 Å². The summed E-state index contributed by atoms with van der Waals surface area (Å²) in [4.78, 5) is 9.25. The monoisotopic (exact) mass is 435 g/mol. The summed E-state index contributed by atoms with van der Waals surface area (Å²) < 4.78 is 1.05. The zero-order chi connectivity index (χ0) is 15.6.